The first-order chi connectivity index (χ1) is 9.76. The van der Waals surface area contributed by atoms with Gasteiger partial charge in [0.05, 0.1) is 13.2 Å². The summed E-state index contributed by atoms with van der Waals surface area (Å²) in [5.41, 5.74) is 6.31. The smallest absolute Gasteiger partial charge is 0.191 e. The average molecular weight is 411 g/mol. The molecule has 0 unspecified atom stereocenters. The second-order valence-corrected chi connectivity index (χ2v) is 6.12. The van der Waals surface area contributed by atoms with Crippen molar-refractivity contribution in [3.8, 4) is 0 Å². The molecule has 21 heavy (non-hydrogen) atoms. The van der Waals surface area contributed by atoms with Gasteiger partial charge in [0.25, 0.3) is 0 Å². The second-order valence-electron chi connectivity index (χ2n) is 6.12. The summed E-state index contributed by atoms with van der Waals surface area (Å²) < 4.78 is 10.9. The van der Waals surface area contributed by atoms with Crippen molar-refractivity contribution < 1.29 is 9.47 Å². The van der Waals surface area contributed by atoms with E-state index in [-0.39, 0.29) is 29.4 Å². The summed E-state index contributed by atoms with van der Waals surface area (Å²) in [5, 5.41) is 0. The van der Waals surface area contributed by atoms with Gasteiger partial charge >= 0.3 is 0 Å². The zero-order valence-electron chi connectivity index (χ0n) is 13.2. The van der Waals surface area contributed by atoms with Crippen molar-refractivity contribution >= 4 is 29.9 Å². The molecule has 0 aromatic carbocycles. The number of guanidine groups is 1. The first-order valence-electron chi connectivity index (χ1n) is 7.87. The first-order valence-corrected chi connectivity index (χ1v) is 7.87. The highest BCUT2D eigenvalue weighted by atomic mass is 127. The van der Waals surface area contributed by atoms with Gasteiger partial charge in [-0.1, -0.05) is 12.8 Å². The summed E-state index contributed by atoms with van der Waals surface area (Å²) >= 11 is 0. The standard InChI is InChI=1S/C15H29N3O2.HI/c1-19-13-15(6-10-20-11-7-15)12-17-14(16)18-8-4-2-3-5-9-18;/h2-13H2,1H3,(H2,16,17);1H. The van der Waals surface area contributed by atoms with E-state index in [1.807, 2.05) is 0 Å². The summed E-state index contributed by atoms with van der Waals surface area (Å²) in [7, 11) is 1.76. The van der Waals surface area contributed by atoms with Gasteiger partial charge in [0, 0.05) is 38.8 Å². The predicted octanol–water partition coefficient (Wildman–Crippen LogP) is 2.24. The van der Waals surface area contributed by atoms with Crippen molar-refractivity contribution in [2.24, 2.45) is 16.1 Å². The minimum Gasteiger partial charge on any atom is -0.384 e. The van der Waals surface area contributed by atoms with Gasteiger partial charge in [0.15, 0.2) is 5.96 Å². The van der Waals surface area contributed by atoms with E-state index < -0.39 is 0 Å². The zero-order valence-corrected chi connectivity index (χ0v) is 15.5. The fourth-order valence-electron chi connectivity index (χ4n) is 3.11. The molecule has 2 aliphatic rings. The minimum atomic E-state index is 0. The van der Waals surface area contributed by atoms with E-state index in [9.17, 15) is 0 Å². The number of nitrogens with zero attached hydrogens (tertiary/aromatic N) is 2. The van der Waals surface area contributed by atoms with Crippen LogP contribution in [0.3, 0.4) is 0 Å². The molecule has 2 aliphatic heterocycles. The van der Waals surface area contributed by atoms with Crippen LogP contribution in [0.1, 0.15) is 38.5 Å². The Morgan fingerprint density at radius 1 is 1.19 bits per heavy atom. The number of halogens is 1. The third-order valence-electron chi connectivity index (χ3n) is 4.51. The molecule has 2 N–H and O–H groups in total. The highest BCUT2D eigenvalue weighted by molar-refractivity contribution is 14.0. The third-order valence-corrected chi connectivity index (χ3v) is 4.51. The topological polar surface area (TPSA) is 60.1 Å². The van der Waals surface area contributed by atoms with Crippen LogP contribution in [0.5, 0.6) is 0 Å². The Kier molecular flexibility index (Phi) is 8.89. The minimum absolute atomic E-state index is 0. The quantitative estimate of drug-likeness (QED) is 0.438. The maximum atomic E-state index is 6.19. The van der Waals surface area contributed by atoms with Crippen LogP contribution in [0.25, 0.3) is 0 Å². The van der Waals surface area contributed by atoms with Gasteiger partial charge in [-0.2, -0.15) is 0 Å². The van der Waals surface area contributed by atoms with Crippen molar-refractivity contribution in [3.63, 3.8) is 0 Å². The molecule has 0 spiro atoms. The van der Waals surface area contributed by atoms with Gasteiger partial charge < -0.3 is 20.1 Å². The molecule has 6 heteroatoms. The van der Waals surface area contributed by atoms with Crippen LogP contribution in [-0.4, -0.2) is 57.4 Å². The molecule has 0 amide bonds. The van der Waals surface area contributed by atoms with Crippen molar-refractivity contribution in [1.29, 1.82) is 0 Å². The molecule has 5 nitrogen and oxygen atoms in total. The normalized spacial score (nSPS) is 23.3. The molecular formula is C15H30IN3O2. The zero-order chi connectivity index (χ0) is 14.3. The molecule has 2 fully saturated rings. The van der Waals surface area contributed by atoms with Crippen LogP contribution in [-0.2, 0) is 9.47 Å². The van der Waals surface area contributed by atoms with Crippen LogP contribution in [0.15, 0.2) is 4.99 Å². The Morgan fingerprint density at radius 2 is 1.81 bits per heavy atom. The Labute approximate surface area is 145 Å². The molecule has 0 aliphatic carbocycles. The fourth-order valence-corrected chi connectivity index (χ4v) is 3.11. The molecular weight excluding hydrogens is 381 g/mol. The Bertz CT molecular complexity index is 307. The van der Waals surface area contributed by atoms with Crippen molar-refractivity contribution in [3.05, 3.63) is 0 Å². The van der Waals surface area contributed by atoms with Crippen LogP contribution < -0.4 is 5.73 Å². The lowest BCUT2D eigenvalue weighted by molar-refractivity contribution is -0.0224. The first kappa shape index (κ1) is 19.0. The molecule has 0 aromatic rings. The van der Waals surface area contributed by atoms with Crippen molar-refractivity contribution in [2.45, 2.75) is 38.5 Å². The number of hydrogen-bond donors (Lipinski definition) is 1. The lowest BCUT2D eigenvalue weighted by Crippen LogP contribution is -2.41. The van der Waals surface area contributed by atoms with Crippen LogP contribution in [0.4, 0.5) is 0 Å². The molecule has 0 aromatic heterocycles. The van der Waals surface area contributed by atoms with Gasteiger partial charge in [-0.3, -0.25) is 4.99 Å². The summed E-state index contributed by atoms with van der Waals surface area (Å²) in [6, 6.07) is 0. The van der Waals surface area contributed by atoms with Crippen LogP contribution in [0.2, 0.25) is 0 Å². The maximum Gasteiger partial charge on any atom is 0.191 e. The molecule has 0 radical (unpaired) electrons. The Morgan fingerprint density at radius 3 is 2.38 bits per heavy atom. The van der Waals surface area contributed by atoms with Crippen LogP contribution >= 0.6 is 24.0 Å². The molecule has 0 saturated carbocycles. The number of nitrogens with two attached hydrogens (primary N) is 1. The maximum absolute atomic E-state index is 6.19. The number of ether oxygens (including phenoxy) is 2. The van der Waals surface area contributed by atoms with E-state index in [1.54, 1.807) is 7.11 Å². The largest absolute Gasteiger partial charge is 0.384 e. The molecule has 124 valence electrons. The van der Waals surface area contributed by atoms with E-state index in [0.717, 1.165) is 52.3 Å². The van der Waals surface area contributed by atoms with E-state index in [0.29, 0.717) is 5.96 Å². The number of hydrogen-bond acceptors (Lipinski definition) is 3. The number of methoxy groups -OCH3 is 1. The fraction of sp³-hybridized carbons (Fsp3) is 0.933. The van der Waals surface area contributed by atoms with Crippen LogP contribution in [0, 0.1) is 5.41 Å². The van der Waals surface area contributed by atoms with Gasteiger partial charge in [-0.05, 0) is 25.7 Å². The lowest BCUT2D eigenvalue weighted by atomic mass is 9.81. The van der Waals surface area contributed by atoms with E-state index in [2.05, 4.69) is 9.89 Å². The second kappa shape index (κ2) is 9.84. The van der Waals surface area contributed by atoms with Gasteiger partial charge in [-0.15, -0.1) is 24.0 Å². The Hall–Kier alpha value is -0.0800. The Balaban J connectivity index is 0.00000220. The van der Waals surface area contributed by atoms with E-state index in [1.165, 1.54) is 25.7 Å². The SMILES string of the molecule is COCC1(CN=C(N)N2CCCCCC2)CCOCC1.I. The van der Waals surface area contributed by atoms with E-state index >= 15 is 0 Å². The summed E-state index contributed by atoms with van der Waals surface area (Å²) in [5.74, 6) is 0.717. The molecule has 2 saturated heterocycles. The van der Waals surface area contributed by atoms with E-state index in [4.69, 9.17) is 15.2 Å². The van der Waals surface area contributed by atoms with Crippen molar-refractivity contribution in [1.82, 2.24) is 4.90 Å². The summed E-state index contributed by atoms with van der Waals surface area (Å²) in [6.07, 6.45) is 7.11. The summed E-state index contributed by atoms with van der Waals surface area (Å²) in [4.78, 5) is 6.93. The number of likely N-dealkylation sites (tertiary alicyclic amines) is 1. The molecule has 0 bridgehead atoms. The monoisotopic (exact) mass is 411 g/mol. The molecule has 2 rings (SSSR count). The third kappa shape index (κ3) is 5.90. The van der Waals surface area contributed by atoms with Crippen molar-refractivity contribution in [2.75, 3.05) is 46.6 Å². The number of aliphatic imine (C=N–C) groups is 1. The van der Waals surface area contributed by atoms with Gasteiger partial charge in [0.2, 0.25) is 0 Å². The average Bonchev–Trinajstić information content (AvgIpc) is 2.75. The number of rotatable bonds is 4. The highest BCUT2D eigenvalue weighted by Crippen LogP contribution is 2.31. The van der Waals surface area contributed by atoms with Gasteiger partial charge in [0.1, 0.15) is 0 Å². The highest BCUT2D eigenvalue weighted by Gasteiger charge is 2.32. The van der Waals surface area contributed by atoms with Gasteiger partial charge in [-0.25, -0.2) is 0 Å². The summed E-state index contributed by atoms with van der Waals surface area (Å²) in [6.45, 7) is 5.22. The lowest BCUT2D eigenvalue weighted by Gasteiger charge is -2.35. The molecule has 2 heterocycles. The molecule has 0 atom stereocenters. The predicted molar refractivity (Wildman–Crippen MR) is 96.3 cm³/mol.